The van der Waals surface area contributed by atoms with Crippen LogP contribution in [0.1, 0.15) is 46.0 Å². The Labute approximate surface area is 159 Å². The van der Waals surface area contributed by atoms with E-state index in [1.54, 1.807) is 11.8 Å². The second-order valence-electron chi connectivity index (χ2n) is 7.09. The average Bonchev–Trinajstić information content (AvgIpc) is 2.89. The number of Topliss-reactive ketones (excluding diaryl/α,β-unsaturated/α-hetero) is 1. The van der Waals surface area contributed by atoms with E-state index in [0.29, 0.717) is 64.9 Å². The zero-order valence-corrected chi connectivity index (χ0v) is 16.1. The van der Waals surface area contributed by atoms with E-state index in [1.165, 1.54) is 11.8 Å². The third-order valence-corrected chi connectivity index (χ3v) is 4.84. The van der Waals surface area contributed by atoms with Crippen LogP contribution in [0.2, 0.25) is 0 Å². The van der Waals surface area contributed by atoms with Crippen LogP contribution in [0.15, 0.2) is 0 Å². The number of nitrogens with zero attached hydrogens (tertiary/aromatic N) is 2. The Morgan fingerprint density at radius 1 is 1.22 bits per heavy atom. The molecule has 152 valence electrons. The van der Waals surface area contributed by atoms with Gasteiger partial charge in [0.05, 0.1) is 19.7 Å². The largest absolute Gasteiger partial charge is 0.450 e. The fourth-order valence-corrected chi connectivity index (χ4v) is 3.44. The van der Waals surface area contributed by atoms with Gasteiger partial charge in [0.15, 0.2) is 0 Å². The van der Waals surface area contributed by atoms with Gasteiger partial charge in [0.1, 0.15) is 11.4 Å². The van der Waals surface area contributed by atoms with Crippen molar-refractivity contribution in [1.82, 2.24) is 15.1 Å². The third kappa shape index (κ3) is 6.11. The first-order chi connectivity index (χ1) is 12.8. The Bertz CT molecular complexity index is 571. The molecule has 0 radical (unpaired) electrons. The SMILES string of the molecule is CCOC(=O)NCCCCC(=O)N1CCC2(CC1)CN(CC(C)=O)C(=O)O2. The van der Waals surface area contributed by atoms with Gasteiger partial charge in [-0.05, 0) is 26.7 Å². The molecule has 0 atom stereocenters. The van der Waals surface area contributed by atoms with Crippen LogP contribution in [-0.2, 0) is 19.1 Å². The lowest BCUT2D eigenvalue weighted by atomic mass is 9.91. The first-order valence-corrected chi connectivity index (χ1v) is 9.51. The Kier molecular flexibility index (Phi) is 7.44. The van der Waals surface area contributed by atoms with Crippen LogP contribution in [0, 0.1) is 0 Å². The first-order valence-electron chi connectivity index (χ1n) is 9.51. The minimum atomic E-state index is -0.577. The molecule has 9 heteroatoms. The molecule has 0 bridgehead atoms. The number of piperidine rings is 1. The van der Waals surface area contributed by atoms with Gasteiger partial charge in [-0.25, -0.2) is 9.59 Å². The maximum atomic E-state index is 12.3. The van der Waals surface area contributed by atoms with Crippen LogP contribution in [0.3, 0.4) is 0 Å². The predicted octanol–water partition coefficient (Wildman–Crippen LogP) is 1.31. The molecule has 2 heterocycles. The molecule has 2 saturated heterocycles. The molecular weight excluding hydrogens is 354 g/mol. The van der Waals surface area contributed by atoms with Gasteiger partial charge in [-0.3, -0.25) is 14.5 Å². The summed E-state index contributed by atoms with van der Waals surface area (Å²) in [6.45, 7) is 5.58. The number of ether oxygens (including phenoxy) is 2. The summed E-state index contributed by atoms with van der Waals surface area (Å²) in [5, 5.41) is 2.63. The Morgan fingerprint density at radius 2 is 1.93 bits per heavy atom. The number of likely N-dealkylation sites (tertiary alicyclic amines) is 1. The molecule has 2 aliphatic rings. The number of ketones is 1. The average molecular weight is 383 g/mol. The fraction of sp³-hybridized carbons (Fsp3) is 0.778. The van der Waals surface area contributed by atoms with Crippen molar-refractivity contribution in [2.24, 2.45) is 0 Å². The summed E-state index contributed by atoms with van der Waals surface area (Å²) in [5.74, 6) is -0.0000366. The van der Waals surface area contributed by atoms with Crippen molar-refractivity contribution in [3.63, 3.8) is 0 Å². The molecular formula is C18H29N3O6. The van der Waals surface area contributed by atoms with Crippen molar-refractivity contribution < 1.29 is 28.7 Å². The summed E-state index contributed by atoms with van der Waals surface area (Å²) >= 11 is 0. The normalized spacial score (nSPS) is 18.4. The summed E-state index contributed by atoms with van der Waals surface area (Å²) < 4.78 is 10.3. The number of carbonyl (C=O) groups excluding carboxylic acids is 4. The summed E-state index contributed by atoms with van der Waals surface area (Å²) in [6.07, 6.45) is 2.11. The van der Waals surface area contributed by atoms with Crippen molar-refractivity contribution in [3.05, 3.63) is 0 Å². The lowest BCUT2D eigenvalue weighted by molar-refractivity contribution is -0.134. The van der Waals surface area contributed by atoms with E-state index in [-0.39, 0.29) is 18.2 Å². The van der Waals surface area contributed by atoms with Gasteiger partial charge in [-0.1, -0.05) is 0 Å². The van der Waals surface area contributed by atoms with Gasteiger partial charge in [0.25, 0.3) is 0 Å². The van der Waals surface area contributed by atoms with Gasteiger partial charge < -0.3 is 19.7 Å². The van der Waals surface area contributed by atoms with E-state index < -0.39 is 17.8 Å². The van der Waals surface area contributed by atoms with Crippen molar-refractivity contribution >= 4 is 23.9 Å². The molecule has 0 aromatic rings. The van der Waals surface area contributed by atoms with Gasteiger partial charge in [-0.15, -0.1) is 0 Å². The second kappa shape index (κ2) is 9.57. The predicted molar refractivity (Wildman–Crippen MR) is 96.2 cm³/mol. The highest BCUT2D eigenvalue weighted by Gasteiger charge is 2.47. The van der Waals surface area contributed by atoms with Gasteiger partial charge in [0.2, 0.25) is 5.91 Å². The molecule has 27 heavy (non-hydrogen) atoms. The maximum absolute atomic E-state index is 12.3. The zero-order valence-electron chi connectivity index (χ0n) is 16.1. The van der Waals surface area contributed by atoms with Crippen LogP contribution >= 0.6 is 0 Å². The number of unbranched alkanes of at least 4 members (excludes halogenated alkanes) is 1. The third-order valence-electron chi connectivity index (χ3n) is 4.84. The van der Waals surface area contributed by atoms with E-state index in [0.717, 1.165) is 0 Å². The molecule has 0 aliphatic carbocycles. The van der Waals surface area contributed by atoms with Crippen molar-refractivity contribution in [3.8, 4) is 0 Å². The molecule has 2 rings (SSSR count). The molecule has 0 aromatic heterocycles. The lowest BCUT2D eigenvalue weighted by Gasteiger charge is -2.37. The molecule has 2 fully saturated rings. The Hall–Kier alpha value is -2.32. The summed E-state index contributed by atoms with van der Waals surface area (Å²) in [6, 6.07) is 0. The summed E-state index contributed by atoms with van der Waals surface area (Å²) in [4.78, 5) is 49.9. The number of alkyl carbamates (subject to hydrolysis) is 1. The van der Waals surface area contributed by atoms with Gasteiger partial charge >= 0.3 is 12.2 Å². The molecule has 3 amide bonds. The van der Waals surface area contributed by atoms with Crippen LogP contribution < -0.4 is 5.32 Å². The van der Waals surface area contributed by atoms with E-state index >= 15 is 0 Å². The molecule has 0 unspecified atom stereocenters. The fourth-order valence-electron chi connectivity index (χ4n) is 3.44. The maximum Gasteiger partial charge on any atom is 0.410 e. The highest BCUT2D eigenvalue weighted by molar-refractivity contribution is 5.83. The quantitative estimate of drug-likeness (QED) is 0.634. The summed E-state index contributed by atoms with van der Waals surface area (Å²) in [7, 11) is 0. The minimum absolute atomic E-state index is 0.0725. The molecule has 0 saturated carbocycles. The second-order valence-corrected chi connectivity index (χ2v) is 7.09. The number of carbonyl (C=O) groups is 4. The number of nitrogens with one attached hydrogen (secondary N) is 1. The topological polar surface area (TPSA) is 105 Å². The van der Waals surface area contributed by atoms with Crippen LogP contribution in [-0.4, -0.2) is 78.6 Å². The van der Waals surface area contributed by atoms with E-state index in [9.17, 15) is 19.2 Å². The number of hydrogen-bond donors (Lipinski definition) is 1. The van der Waals surface area contributed by atoms with Gasteiger partial charge in [-0.2, -0.15) is 0 Å². The van der Waals surface area contributed by atoms with Crippen LogP contribution in [0.4, 0.5) is 9.59 Å². The lowest BCUT2D eigenvalue weighted by Crippen LogP contribution is -2.48. The molecule has 9 nitrogen and oxygen atoms in total. The van der Waals surface area contributed by atoms with Crippen molar-refractivity contribution in [1.29, 1.82) is 0 Å². The van der Waals surface area contributed by atoms with Crippen LogP contribution in [0.5, 0.6) is 0 Å². The first kappa shape index (κ1) is 21.0. The Morgan fingerprint density at radius 3 is 2.56 bits per heavy atom. The van der Waals surface area contributed by atoms with E-state index in [4.69, 9.17) is 9.47 Å². The minimum Gasteiger partial charge on any atom is -0.450 e. The number of amides is 3. The highest BCUT2D eigenvalue weighted by Crippen LogP contribution is 2.33. The molecule has 2 aliphatic heterocycles. The van der Waals surface area contributed by atoms with Gasteiger partial charge in [0, 0.05) is 38.9 Å². The van der Waals surface area contributed by atoms with E-state index in [2.05, 4.69) is 5.32 Å². The molecule has 1 N–H and O–H groups in total. The standard InChI is InChI=1S/C18H29N3O6/c1-3-26-16(24)19-9-5-4-6-15(23)20-10-7-18(8-11-20)13-21(12-14(2)22)17(25)27-18/h3-13H2,1-2H3,(H,19,24). The summed E-state index contributed by atoms with van der Waals surface area (Å²) in [5.41, 5.74) is -0.577. The molecule has 0 aromatic carbocycles. The zero-order chi connectivity index (χ0) is 19.9. The number of hydrogen-bond acceptors (Lipinski definition) is 6. The smallest absolute Gasteiger partial charge is 0.410 e. The monoisotopic (exact) mass is 383 g/mol. The molecule has 1 spiro atoms. The van der Waals surface area contributed by atoms with E-state index in [1.807, 2.05) is 0 Å². The van der Waals surface area contributed by atoms with Crippen LogP contribution in [0.25, 0.3) is 0 Å². The highest BCUT2D eigenvalue weighted by atomic mass is 16.6. The van der Waals surface area contributed by atoms with Crippen molar-refractivity contribution in [2.45, 2.75) is 51.6 Å². The van der Waals surface area contributed by atoms with Crippen molar-refractivity contribution in [2.75, 3.05) is 39.3 Å². The number of rotatable bonds is 8. The Balaban J connectivity index is 1.66.